The van der Waals surface area contributed by atoms with Crippen LogP contribution in [0.4, 0.5) is 0 Å². The minimum Gasteiger partial charge on any atom is -0.491 e. The first-order valence-electron chi connectivity index (χ1n) is 11.9. The van der Waals surface area contributed by atoms with Gasteiger partial charge in [-0.15, -0.1) is 0 Å². The number of rotatable bonds is 3. The van der Waals surface area contributed by atoms with Crippen molar-refractivity contribution in [3.05, 3.63) is 83.9 Å². The van der Waals surface area contributed by atoms with Crippen LogP contribution in [0.25, 0.3) is 0 Å². The molecule has 1 N–H and O–H groups in total. The minimum atomic E-state index is -0.206. The Labute approximate surface area is 200 Å². The third kappa shape index (κ3) is 5.84. The van der Waals surface area contributed by atoms with Gasteiger partial charge in [-0.25, -0.2) is 4.98 Å². The fourth-order valence-corrected chi connectivity index (χ4v) is 4.37. The molecular formula is C27H32N4O3. The Bertz CT molecular complexity index is 1070. The molecule has 1 aliphatic heterocycles. The second-order valence-electron chi connectivity index (χ2n) is 8.76. The van der Waals surface area contributed by atoms with Crippen molar-refractivity contribution in [2.75, 3.05) is 26.7 Å². The predicted octanol–water partition coefficient (Wildman–Crippen LogP) is 4.19. The molecule has 0 radical (unpaired) electrons. The van der Waals surface area contributed by atoms with E-state index in [0.29, 0.717) is 36.5 Å². The summed E-state index contributed by atoms with van der Waals surface area (Å²) in [6, 6.07) is 17.3. The lowest BCUT2D eigenvalue weighted by molar-refractivity contribution is 0.0594. The van der Waals surface area contributed by atoms with Gasteiger partial charge in [-0.1, -0.05) is 55.3 Å². The van der Waals surface area contributed by atoms with Crippen LogP contribution in [0.15, 0.2) is 67.1 Å². The molecule has 4 rings (SSSR count). The molecule has 0 saturated carbocycles. The number of ether oxygens (including phenoxy) is 1. The fourth-order valence-electron chi connectivity index (χ4n) is 4.37. The van der Waals surface area contributed by atoms with E-state index >= 15 is 0 Å². The molecule has 3 aromatic rings. The number of amides is 2. The van der Waals surface area contributed by atoms with Gasteiger partial charge in [-0.3, -0.25) is 9.59 Å². The number of fused-ring (bicyclic) bond motifs is 1. The summed E-state index contributed by atoms with van der Waals surface area (Å²) in [6.45, 7) is 1.61. The van der Waals surface area contributed by atoms with E-state index in [4.69, 9.17) is 4.74 Å². The zero-order chi connectivity index (χ0) is 23.8. The third-order valence-corrected chi connectivity index (χ3v) is 6.28. The van der Waals surface area contributed by atoms with Gasteiger partial charge in [0.25, 0.3) is 11.8 Å². The van der Waals surface area contributed by atoms with Crippen molar-refractivity contribution in [3.63, 3.8) is 0 Å². The van der Waals surface area contributed by atoms with Gasteiger partial charge < -0.3 is 19.5 Å². The van der Waals surface area contributed by atoms with Crippen molar-refractivity contribution in [3.8, 4) is 5.75 Å². The second kappa shape index (κ2) is 11.5. The van der Waals surface area contributed by atoms with Gasteiger partial charge in [0, 0.05) is 20.1 Å². The Morgan fingerprint density at radius 2 is 1.76 bits per heavy atom. The number of imidazole rings is 1. The topological polar surface area (TPSA) is 78.5 Å². The Kier molecular flexibility index (Phi) is 7.96. The number of nitrogens with zero attached hydrogens (tertiary/aromatic N) is 3. The van der Waals surface area contributed by atoms with Gasteiger partial charge in [0.15, 0.2) is 0 Å². The zero-order valence-corrected chi connectivity index (χ0v) is 19.7. The van der Waals surface area contributed by atoms with Gasteiger partial charge in [0.05, 0.1) is 24.1 Å². The van der Waals surface area contributed by atoms with Gasteiger partial charge in [-0.2, -0.15) is 0 Å². The second-order valence-corrected chi connectivity index (χ2v) is 8.76. The zero-order valence-electron chi connectivity index (χ0n) is 19.7. The van der Waals surface area contributed by atoms with E-state index < -0.39 is 0 Å². The highest BCUT2D eigenvalue weighted by molar-refractivity contribution is 5.96. The van der Waals surface area contributed by atoms with Crippen molar-refractivity contribution in [2.45, 2.75) is 38.1 Å². The Balaban J connectivity index is 1.66. The number of H-pyrrole nitrogens is 1. The fraction of sp³-hybridized carbons (Fsp3) is 0.370. The number of hydrogen-bond acceptors (Lipinski definition) is 4. The van der Waals surface area contributed by atoms with Crippen LogP contribution in [0.3, 0.4) is 0 Å². The van der Waals surface area contributed by atoms with Crippen LogP contribution >= 0.6 is 0 Å². The Morgan fingerprint density at radius 1 is 1.03 bits per heavy atom. The lowest BCUT2D eigenvalue weighted by Crippen LogP contribution is -2.46. The molecule has 0 fully saturated rings. The molecule has 1 aliphatic rings. The van der Waals surface area contributed by atoms with E-state index in [1.54, 1.807) is 17.2 Å². The molecule has 2 aromatic carbocycles. The largest absolute Gasteiger partial charge is 0.491 e. The molecule has 2 heterocycles. The summed E-state index contributed by atoms with van der Waals surface area (Å²) >= 11 is 0. The normalized spacial score (nSPS) is 18.0. The monoisotopic (exact) mass is 460 g/mol. The van der Waals surface area contributed by atoms with Crippen LogP contribution in [0, 0.1) is 0 Å². The number of benzene rings is 2. The number of aromatic nitrogens is 2. The van der Waals surface area contributed by atoms with Gasteiger partial charge >= 0.3 is 0 Å². The molecule has 7 heteroatoms. The van der Waals surface area contributed by atoms with Crippen molar-refractivity contribution in [1.82, 2.24) is 19.8 Å². The molecule has 0 saturated heterocycles. The van der Waals surface area contributed by atoms with Crippen LogP contribution in [0.5, 0.6) is 5.75 Å². The van der Waals surface area contributed by atoms with Crippen LogP contribution in [0.1, 0.15) is 52.1 Å². The molecule has 0 aliphatic carbocycles. The average Bonchev–Trinajstić information content (AvgIpc) is 3.41. The highest BCUT2D eigenvalue weighted by Crippen LogP contribution is 2.23. The summed E-state index contributed by atoms with van der Waals surface area (Å²) in [7, 11) is 1.84. The molecule has 34 heavy (non-hydrogen) atoms. The predicted molar refractivity (Wildman–Crippen MR) is 131 cm³/mol. The quantitative estimate of drug-likeness (QED) is 0.636. The smallest absolute Gasteiger partial charge is 0.272 e. The van der Waals surface area contributed by atoms with E-state index in [1.165, 1.54) is 6.33 Å². The number of nitrogens with one attached hydrogen (secondary N) is 1. The molecular weight excluding hydrogens is 428 g/mol. The number of carbonyl (C=O) groups excluding carboxylic acids is 2. The van der Waals surface area contributed by atoms with Crippen molar-refractivity contribution in [1.29, 1.82) is 0 Å². The number of hydrogen-bond donors (Lipinski definition) is 1. The van der Waals surface area contributed by atoms with E-state index in [1.807, 2.05) is 48.3 Å². The Hall–Kier alpha value is -3.61. The lowest BCUT2D eigenvalue weighted by atomic mass is 10.0. The van der Waals surface area contributed by atoms with Crippen LogP contribution in [0.2, 0.25) is 0 Å². The van der Waals surface area contributed by atoms with Crippen molar-refractivity contribution in [2.24, 2.45) is 0 Å². The summed E-state index contributed by atoms with van der Waals surface area (Å²) in [6.07, 6.45) is 7.55. The van der Waals surface area contributed by atoms with E-state index in [2.05, 4.69) is 22.1 Å². The molecule has 1 aromatic heterocycles. The molecule has 178 valence electrons. The molecule has 1 atom stereocenters. The Morgan fingerprint density at radius 3 is 2.53 bits per heavy atom. The third-order valence-electron chi connectivity index (χ3n) is 6.28. The van der Waals surface area contributed by atoms with E-state index in [-0.39, 0.29) is 24.5 Å². The molecule has 2 amide bonds. The molecule has 7 nitrogen and oxygen atoms in total. The highest BCUT2D eigenvalue weighted by atomic mass is 16.5. The van der Waals surface area contributed by atoms with Crippen LogP contribution in [-0.4, -0.2) is 64.4 Å². The van der Waals surface area contributed by atoms with Crippen molar-refractivity contribution < 1.29 is 14.3 Å². The summed E-state index contributed by atoms with van der Waals surface area (Å²) in [5.74, 6) is 0.416. The first kappa shape index (κ1) is 23.5. The maximum absolute atomic E-state index is 13.5. The van der Waals surface area contributed by atoms with Crippen molar-refractivity contribution >= 4 is 11.8 Å². The van der Waals surface area contributed by atoms with E-state index in [0.717, 1.165) is 31.2 Å². The molecule has 0 unspecified atom stereocenters. The minimum absolute atomic E-state index is 0.0438. The average molecular weight is 461 g/mol. The first-order valence-corrected chi connectivity index (χ1v) is 11.9. The number of aromatic amines is 1. The number of para-hydroxylation sites is 1. The number of carbonyl (C=O) groups is 2. The maximum Gasteiger partial charge on any atom is 0.272 e. The van der Waals surface area contributed by atoms with Crippen LogP contribution < -0.4 is 4.74 Å². The molecule has 0 bridgehead atoms. The van der Waals surface area contributed by atoms with Gasteiger partial charge in [-0.05, 0) is 37.0 Å². The van der Waals surface area contributed by atoms with E-state index in [9.17, 15) is 9.59 Å². The summed E-state index contributed by atoms with van der Waals surface area (Å²) in [5, 5.41) is 0. The summed E-state index contributed by atoms with van der Waals surface area (Å²) < 4.78 is 6.27. The lowest BCUT2D eigenvalue weighted by Gasteiger charge is -2.32. The van der Waals surface area contributed by atoms with Gasteiger partial charge in [0.1, 0.15) is 18.1 Å². The SMILES string of the molecule is CN1CCCCCCN(C(=O)c2cnc[nH]2)[C@@H](Cc2ccccc2)COc2ccccc2C1=O. The highest BCUT2D eigenvalue weighted by Gasteiger charge is 2.27. The first-order chi connectivity index (χ1) is 16.6. The standard InChI is InChI=1S/C27H32N4O3/c1-30-15-9-2-3-10-16-31(27(33)24-18-28-20-29-24)22(17-21-11-5-4-6-12-21)19-34-25-14-8-7-13-23(25)26(30)32/h4-8,11-14,18,20,22H,2-3,9-10,15-17,19H2,1H3,(H,28,29)/t22-/m0/s1. The summed E-state index contributed by atoms with van der Waals surface area (Å²) in [5.41, 5.74) is 2.15. The maximum atomic E-state index is 13.5. The van der Waals surface area contributed by atoms with Crippen LogP contribution in [-0.2, 0) is 6.42 Å². The molecule has 0 spiro atoms. The van der Waals surface area contributed by atoms with Gasteiger partial charge in [0.2, 0.25) is 0 Å². The summed E-state index contributed by atoms with van der Waals surface area (Å²) in [4.78, 5) is 37.2.